The minimum atomic E-state index is -0.965. The molecule has 5 N–H and O–H groups in total. The van der Waals surface area contributed by atoms with E-state index in [4.69, 9.17) is 11.6 Å². The second-order valence-electron chi connectivity index (χ2n) is 7.44. The molecule has 0 aliphatic carbocycles. The van der Waals surface area contributed by atoms with Crippen LogP contribution in [0, 0.1) is 22.0 Å². The van der Waals surface area contributed by atoms with Gasteiger partial charge in [-0.1, -0.05) is 23.7 Å². The van der Waals surface area contributed by atoms with Gasteiger partial charge in [0.25, 0.3) is 5.69 Å². The molecule has 4 rings (SSSR count). The zero-order valence-electron chi connectivity index (χ0n) is 16.5. The molecule has 2 aliphatic heterocycles. The van der Waals surface area contributed by atoms with Gasteiger partial charge in [0.1, 0.15) is 0 Å². The van der Waals surface area contributed by atoms with Crippen LogP contribution in [-0.4, -0.2) is 35.1 Å². The fourth-order valence-corrected chi connectivity index (χ4v) is 4.02. The number of nitrogens with zero attached hydrogens (tertiary/aromatic N) is 1. The summed E-state index contributed by atoms with van der Waals surface area (Å²) in [6.45, 7) is 0. The average molecular weight is 459 g/mol. The predicted octanol–water partition coefficient (Wildman–Crippen LogP) is 1.38. The molecule has 4 unspecified atom stereocenters. The van der Waals surface area contributed by atoms with Gasteiger partial charge in [-0.25, -0.2) is 0 Å². The lowest BCUT2D eigenvalue weighted by Crippen LogP contribution is -2.72. The number of non-ortho nitro benzene ring substituents is 1. The van der Waals surface area contributed by atoms with Gasteiger partial charge in [-0.3, -0.25) is 29.8 Å². The van der Waals surface area contributed by atoms with Gasteiger partial charge in [-0.15, -0.1) is 0 Å². The maximum atomic E-state index is 12.9. The number of carbonyl (C=O) groups is 3. The molecule has 0 spiro atoms. The fourth-order valence-electron chi connectivity index (χ4n) is 3.83. The van der Waals surface area contributed by atoms with Crippen LogP contribution in [0.5, 0.6) is 0 Å². The number of hydrogen-bond donors (Lipinski definition) is 5. The van der Waals surface area contributed by atoms with Crippen molar-refractivity contribution in [2.24, 2.45) is 11.8 Å². The molecule has 2 heterocycles. The first-order valence-electron chi connectivity index (χ1n) is 9.73. The summed E-state index contributed by atoms with van der Waals surface area (Å²) in [5, 5.41) is 25.6. The van der Waals surface area contributed by atoms with Gasteiger partial charge in [0, 0.05) is 35.0 Å². The summed E-state index contributed by atoms with van der Waals surface area (Å²) in [5.74, 6) is -3.23. The van der Waals surface area contributed by atoms with E-state index in [2.05, 4.69) is 26.6 Å². The number of carbonyl (C=O) groups excluding carboxylic acids is 3. The third kappa shape index (κ3) is 4.63. The highest BCUT2D eigenvalue weighted by Gasteiger charge is 2.48. The Kier molecular flexibility index (Phi) is 5.93. The van der Waals surface area contributed by atoms with Gasteiger partial charge in [-0.05, 0) is 24.3 Å². The molecule has 2 aromatic rings. The van der Waals surface area contributed by atoms with E-state index >= 15 is 0 Å². The summed E-state index contributed by atoms with van der Waals surface area (Å²) in [6.07, 6.45) is -1.69. The highest BCUT2D eigenvalue weighted by atomic mass is 35.5. The van der Waals surface area contributed by atoms with E-state index in [0.717, 1.165) is 0 Å². The molecule has 2 saturated heterocycles. The third-order valence-corrected chi connectivity index (χ3v) is 5.48. The molecule has 32 heavy (non-hydrogen) atoms. The number of anilines is 2. The minimum absolute atomic E-state index is 0.186. The first-order valence-corrected chi connectivity index (χ1v) is 10.1. The van der Waals surface area contributed by atoms with Crippen molar-refractivity contribution < 1.29 is 19.3 Å². The molecule has 2 fully saturated rings. The van der Waals surface area contributed by atoms with Crippen molar-refractivity contribution >= 4 is 46.4 Å². The highest BCUT2D eigenvalue weighted by Crippen LogP contribution is 2.28. The second kappa shape index (κ2) is 8.81. The van der Waals surface area contributed by atoms with Crippen molar-refractivity contribution in [1.82, 2.24) is 16.0 Å². The van der Waals surface area contributed by atoms with Crippen LogP contribution in [0.15, 0.2) is 48.5 Å². The Hall–Kier alpha value is -3.70. The van der Waals surface area contributed by atoms with Crippen LogP contribution in [-0.2, 0) is 14.4 Å². The molecule has 0 aromatic heterocycles. The number of fused-ring (bicyclic) bond motifs is 1. The van der Waals surface area contributed by atoms with Gasteiger partial charge in [-0.2, -0.15) is 0 Å². The minimum Gasteiger partial charge on any atom is -0.353 e. The summed E-state index contributed by atoms with van der Waals surface area (Å²) >= 11 is 5.98. The van der Waals surface area contributed by atoms with Crippen LogP contribution in [0.2, 0.25) is 5.02 Å². The normalized spacial score (nSPS) is 24.5. The van der Waals surface area contributed by atoms with E-state index in [-0.39, 0.29) is 17.8 Å². The summed E-state index contributed by atoms with van der Waals surface area (Å²) < 4.78 is 0. The van der Waals surface area contributed by atoms with Gasteiger partial charge in [0.05, 0.1) is 22.9 Å². The standard InChI is InChI=1S/C20H19ClN6O5/c21-10-3-1-4-11(7-10)23-20-25-17-16(19(30)26-20)14(9-15(28)24-17)18(29)22-12-5-2-6-13(8-12)27(31)32/h1-8,14,16-17,20,23,25H,9H2,(H,22,29)(H,24,28)(H,26,30). The van der Waals surface area contributed by atoms with E-state index in [0.29, 0.717) is 10.7 Å². The number of piperidine rings is 1. The molecule has 0 bridgehead atoms. The Morgan fingerprint density at radius 3 is 2.59 bits per heavy atom. The van der Waals surface area contributed by atoms with Crippen LogP contribution in [0.1, 0.15) is 6.42 Å². The molecule has 2 aliphatic rings. The van der Waals surface area contributed by atoms with Crippen molar-refractivity contribution in [2.45, 2.75) is 18.9 Å². The first kappa shape index (κ1) is 21.5. The zero-order valence-corrected chi connectivity index (χ0v) is 17.3. The number of nitro groups is 1. The van der Waals surface area contributed by atoms with Crippen LogP contribution in [0.25, 0.3) is 0 Å². The van der Waals surface area contributed by atoms with Crippen molar-refractivity contribution in [1.29, 1.82) is 0 Å². The van der Waals surface area contributed by atoms with Crippen LogP contribution < -0.4 is 26.6 Å². The number of hydrogen-bond acceptors (Lipinski definition) is 7. The summed E-state index contributed by atoms with van der Waals surface area (Å²) in [7, 11) is 0. The molecular weight excluding hydrogens is 440 g/mol. The van der Waals surface area contributed by atoms with E-state index in [9.17, 15) is 24.5 Å². The van der Waals surface area contributed by atoms with Gasteiger partial charge < -0.3 is 21.3 Å². The molecule has 0 radical (unpaired) electrons. The lowest BCUT2D eigenvalue weighted by molar-refractivity contribution is -0.384. The summed E-state index contributed by atoms with van der Waals surface area (Å²) in [6, 6.07) is 12.3. The second-order valence-corrected chi connectivity index (χ2v) is 7.88. The van der Waals surface area contributed by atoms with E-state index in [1.165, 1.54) is 24.3 Å². The lowest BCUT2D eigenvalue weighted by Gasteiger charge is -2.43. The fraction of sp³-hybridized carbons (Fsp3) is 0.250. The third-order valence-electron chi connectivity index (χ3n) is 5.25. The van der Waals surface area contributed by atoms with Crippen molar-refractivity contribution in [3.63, 3.8) is 0 Å². The topological polar surface area (TPSA) is 154 Å². The predicted molar refractivity (Wildman–Crippen MR) is 115 cm³/mol. The number of amides is 3. The summed E-state index contributed by atoms with van der Waals surface area (Å²) in [4.78, 5) is 48.4. The van der Waals surface area contributed by atoms with Crippen molar-refractivity contribution in [2.75, 3.05) is 10.6 Å². The summed E-state index contributed by atoms with van der Waals surface area (Å²) in [5.41, 5.74) is 0.668. The van der Waals surface area contributed by atoms with Crippen LogP contribution in [0.4, 0.5) is 17.1 Å². The number of nitro benzene ring substituents is 1. The van der Waals surface area contributed by atoms with Crippen LogP contribution in [0.3, 0.4) is 0 Å². The SMILES string of the molecule is O=C1CC(C(=O)Nc2cccc([N+](=O)[O-])c2)C2C(=O)NC(Nc3cccc(Cl)c3)NC2N1. The monoisotopic (exact) mass is 458 g/mol. The molecule has 12 heteroatoms. The Labute approximate surface area is 187 Å². The molecule has 2 aromatic carbocycles. The van der Waals surface area contributed by atoms with E-state index < -0.39 is 46.9 Å². The number of halogens is 1. The van der Waals surface area contributed by atoms with Gasteiger partial charge >= 0.3 is 0 Å². The van der Waals surface area contributed by atoms with Crippen LogP contribution >= 0.6 is 11.6 Å². The molecule has 0 saturated carbocycles. The Morgan fingerprint density at radius 1 is 1.09 bits per heavy atom. The van der Waals surface area contributed by atoms with Gasteiger partial charge in [0.15, 0.2) is 6.29 Å². The average Bonchev–Trinajstić information content (AvgIpc) is 2.73. The van der Waals surface area contributed by atoms with Crippen molar-refractivity contribution in [3.05, 3.63) is 63.7 Å². The maximum Gasteiger partial charge on any atom is 0.271 e. The Bertz CT molecular complexity index is 1100. The van der Waals surface area contributed by atoms with Gasteiger partial charge in [0.2, 0.25) is 17.7 Å². The molecule has 11 nitrogen and oxygen atoms in total. The lowest BCUT2D eigenvalue weighted by atomic mass is 9.81. The zero-order chi connectivity index (χ0) is 22.8. The quantitative estimate of drug-likeness (QED) is 0.335. The smallest absolute Gasteiger partial charge is 0.271 e. The van der Waals surface area contributed by atoms with E-state index in [1.807, 2.05) is 0 Å². The highest BCUT2D eigenvalue weighted by molar-refractivity contribution is 6.30. The number of rotatable bonds is 5. The largest absolute Gasteiger partial charge is 0.353 e. The Balaban J connectivity index is 1.48. The Morgan fingerprint density at radius 2 is 1.84 bits per heavy atom. The first-order chi connectivity index (χ1) is 15.3. The molecular formula is C20H19ClN6O5. The maximum absolute atomic E-state index is 12.9. The molecule has 166 valence electrons. The number of nitrogens with one attached hydrogen (secondary N) is 5. The van der Waals surface area contributed by atoms with E-state index in [1.54, 1.807) is 24.3 Å². The number of benzene rings is 2. The van der Waals surface area contributed by atoms with Crippen molar-refractivity contribution in [3.8, 4) is 0 Å². The molecule has 3 amide bonds. The molecule has 4 atom stereocenters.